The van der Waals surface area contributed by atoms with Crippen LogP contribution in [-0.2, 0) is 4.43 Å². The molecule has 0 aliphatic carbocycles. The van der Waals surface area contributed by atoms with Gasteiger partial charge in [-0.2, -0.15) is 0 Å². The highest BCUT2D eigenvalue weighted by molar-refractivity contribution is 6.25. The Hall–Kier alpha value is -0.243. The van der Waals surface area contributed by atoms with Crippen molar-refractivity contribution in [2.45, 2.75) is 26.3 Å². The molecule has 46 valence electrons. The Morgan fingerprint density at radius 2 is 2.38 bits per heavy atom. The molecule has 0 amide bonds. The Morgan fingerprint density at radius 3 is 2.88 bits per heavy atom. The van der Waals surface area contributed by atoms with E-state index in [4.69, 9.17) is 4.43 Å². The highest BCUT2D eigenvalue weighted by atomic mass is 28.2. The van der Waals surface area contributed by atoms with Crippen molar-refractivity contribution >= 4 is 9.76 Å². The van der Waals surface area contributed by atoms with Crippen LogP contribution in [0, 0.1) is 0 Å². The van der Waals surface area contributed by atoms with Crippen molar-refractivity contribution < 1.29 is 4.43 Å². The van der Waals surface area contributed by atoms with E-state index in [2.05, 4.69) is 13.0 Å². The number of hydrogen-bond acceptors (Lipinski definition) is 1. The Balaban J connectivity index is 2.83. The van der Waals surface area contributed by atoms with Crippen LogP contribution in [0.4, 0.5) is 0 Å². The van der Waals surface area contributed by atoms with E-state index in [-0.39, 0.29) is 0 Å². The molecule has 0 bridgehead atoms. The molecule has 0 rings (SSSR count). The summed E-state index contributed by atoms with van der Waals surface area (Å²) in [6.45, 7) is 4.16. The highest BCUT2D eigenvalue weighted by Gasteiger charge is 1.72. The third-order valence-corrected chi connectivity index (χ3v) is 1.11. The predicted octanol–water partition coefficient (Wildman–Crippen LogP) is 1.98. The van der Waals surface area contributed by atoms with Crippen LogP contribution >= 0.6 is 0 Å². The van der Waals surface area contributed by atoms with Gasteiger partial charge in [0.15, 0.2) is 0 Å². The van der Waals surface area contributed by atoms with Crippen molar-refractivity contribution in [2.75, 3.05) is 0 Å². The fourth-order valence-electron chi connectivity index (χ4n) is 0.351. The predicted molar refractivity (Wildman–Crippen MR) is 36.8 cm³/mol. The molecule has 1 nitrogen and oxygen atoms in total. The second kappa shape index (κ2) is 6.76. The first-order chi connectivity index (χ1) is 3.91. The van der Waals surface area contributed by atoms with E-state index >= 15 is 0 Å². The quantitative estimate of drug-likeness (QED) is 0.415. The minimum atomic E-state index is 0.582. The topological polar surface area (TPSA) is 9.23 Å². The molecule has 0 saturated carbocycles. The van der Waals surface area contributed by atoms with Gasteiger partial charge in [-0.3, -0.25) is 0 Å². The highest BCUT2D eigenvalue weighted by Crippen LogP contribution is 1.87. The summed E-state index contributed by atoms with van der Waals surface area (Å²) >= 11 is 0. The van der Waals surface area contributed by atoms with E-state index in [0.29, 0.717) is 9.76 Å². The molecule has 0 spiro atoms. The van der Waals surface area contributed by atoms with Crippen LogP contribution in [0.5, 0.6) is 0 Å². The molecule has 0 atom stereocenters. The molecule has 0 aromatic carbocycles. The van der Waals surface area contributed by atoms with E-state index in [9.17, 15) is 0 Å². The lowest BCUT2D eigenvalue weighted by Crippen LogP contribution is -1.80. The fourth-order valence-corrected chi connectivity index (χ4v) is 0.583. The van der Waals surface area contributed by atoms with Crippen molar-refractivity contribution in [3.8, 4) is 0 Å². The van der Waals surface area contributed by atoms with E-state index in [1.807, 2.05) is 6.55 Å². The van der Waals surface area contributed by atoms with Gasteiger partial charge in [0, 0.05) is 0 Å². The summed E-state index contributed by atoms with van der Waals surface area (Å²) < 4.78 is 4.98. The summed E-state index contributed by atoms with van der Waals surface area (Å²) in [6, 6.07) is 0. The maximum atomic E-state index is 4.98. The molecule has 2 radical (unpaired) electrons. The summed E-state index contributed by atoms with van der Waals surface area (Å²) in [5.41, 5.74) is 0. The molecule has 0 saturated heterocycles. The van der Waals surface area contributed by atoms with Crippen LogP contribution in [0.2, 0.25) is 6.55 Å². The Morgan fingerprint density at radius 1 is 1.62 bits per heavy atom. The summed E-state index contributed by atoms with van der Waals surface area (Å²) in [6.07, 6.45) is 6.16. The van der Waals surface area contributed by atoms with Crippen molar-refractivity contribution in [2.24, 2.45) is 0 Å². The molecule has 0 unspecified atom stereocenters. The van der Waals surface area contributed by atoms with Crippen molar-refractivity contribution in [3.63, 3.8) is 0 Å². The molecular formula is C6H12OSi. The SMILES string of the molecule is CCC/C=C/O[Si]C. The van der Waals surface area contributed by atoms with Gasteiger partial charge in [-0.25, -0.2) is 0 Å². The molecule has 0 N–H and O–H groups in total. The summed E-state index contributed by atoms with van der Waals surface area (Å²) in [5.74, 6) is 0. The summed E-state index contributed by atoms with van der Waals surface area (Å²) in [4.78, 5) is 0. The fraction of sp³-hybridized carbons (Fsp3) is 0.667. The van der Waals surface area contributed by atoms with E-state index in [0.717, 1.165) is 6.42 Å². The monoisotopic (exact) mass is 128 g/mol. The zero-order valence-corrected chi connectivity index (χ0v) is 6.48. The number of rotatable bonds is 4. The van der Waals surface area contributed by atoms with E-state index in [1.165, 1.54) is 6.42 Å². The number of unbranched alkanes of at least 4 members (excludes halogenated alkanes) is 1. The van der Waals surface area contributed by atoms with E-state index < -0.39 is 0 Å². The van der Waals surface area contributed by atoms with Gasteiger partial charge in [-0.05, 0) is 13.0 Å². The standard InChI is InChI=1S/C6H12OSi/c1-3-4-5-6-7-8-2/h5-6H,3-4H2,1-2H3/b6-5+. The van der Waals surface area contributed by atoms with Gasteiger partial charge in [0.1, 0.15) is 0 Å². The molecule has 0 heterocycles. The third-order valence-electron chi connectivity index (χ3n) is 0.737. The van der Waals surface area contributed by atoms with Gasteiger partial charge in [-0.15, -0.1) is 0 Å². The Labute approximate surface area is 53.7 Å². The zero-order chi connectivity index (χ0) is 6.24. The molecular weight excluding hydrogens is 116 g/mol. The average Bonchev–Trinajstić information content (AvgIpc) is 1.81. The van der Waals surface area contributed by atoms with Crippen molar-refractivity contribution in [1.82, 2.24) is 0 Å². The maximum absolute atomic E-state index is 4.98. The first kappa shape index (κ1) is 7.76. The minimum Gasteiger partial charge on any atom is -0.547 e. The number of allylic oxidation sites excluding steroid dienone is 1. The summed E-state index contributed by atoms with van der Waals surface area (Å²) in [5, 5.41) is 0. The molecule has 2 heteroatoms. The largest absolute Gasteiger partial charge is 0.547 e. The second-order valence-corrected chi connectivity index (χ2v) is 2.13. The molecule has 0 aromatic rings. The van der Waals surface area contributed by atoms with Crippen molar-refractivity contribution in [3.05, 3.63) is 12.3 Å². The third kappa shape index (κ3) is 5.76. The first-order valence-corrected chi connectivity index (χ1v) is 4.30. The number of hydrogen-bond donors (Lipinski definition) is 0. The van der Waals surface area contributed by atoms with Crippen LogP contribution in [0.3, 0.4) is 0 Å². The smallest absolute Gasteiger partial charge is 0.306 e. The second-order valence-electron chi connectivity index (χ2n) is 1.48. The molecule has 0 aromatic heterocycles. The molecule has 8 heavy (non-hydrogen) atoms. The maximum Gasteiger partial charge on any atom is 0.306 e. The Bertz CT molecular complexity index is 53.5. The van der Waals surface area contributed by atoms with Gasteiger partial charge in [0.05, 0.1) is 6.26 Å². The van der Waals surface area contributed by atoms with Gasteiger partial charge >= 0.3 is 9.76 Å². The molecule has 0 aliphatic rings. The normalized spacial score (nSPS) is 10.2. The van der Waals surface area contributed by atoms with Gasteiger partial charge in [0.2, 0.25) is 0 Å². The molecule has 0 fully saturated rings. The molecule has 0 aliphatic heterocycles. The zero-order valence-electron chi connectivity index (χ0n) is 5.48. The summed E-state index contributed by atoms with van der Waals surface area (Å²) in [7, 11) is 0.582. The average molecular weight is 128 g/mol. The lowest BCUT2D eigenvalue weighted by Gasteiger charge is -1.88. The first-order valence-electron chi connectivity index (χ1n) is 2.89. The van der Waals surface area contributed by atoms with Gasteiger partial charge in [0.25, 0.3) is 0 Å². The lowest BCUT2D eigenvalue weighted by molar-refractivity contribution is 0.516. The van der Waals surface area contributed by atoms with Crippen molar-refractivity contribution in [1.29, 1.82) is 0 Å². The van der Waals surface area contributed by atoms with Crippen LogP contribution in [0.25, 0.3) is 0 Å². The van der Waals surface area contributed by atoms with Gasteiger partial charge in [-0.1, -0.05) is 19.4 Å². The van der Waals surface area contributed by atoms with Crippen LogP contribution in [0.15, 0.2) is 12.3 Å². The van der Waals surface area contributed by atoms with Gasteiger partial charge < -0.3 is 4.43 Å². The van der Waals surface area contributed by atoms with Crippen LogP contribution in [-0.4, -0.2) is 9.76 Å². The van der Waals surface area contributed by atoms with Crippen LogP contribution < -0.4 is 0 Å². The van der Waals surface area contributed by atoms with Crippen LogP contribution in [0.1, 0.15) is 19.8 Å². The Kier molecular flexibility index (Phi) is 6.55. The van der Waals surface area contributed by atoms with E-state index in [1.54, 1.807) is 6.26 Å². The minimum absolute atomic E-state index is 0.582. The lowest BCUT2D eigenvalue weighted by atomic mass is 10.3.